The molecule has 0 saturated heterocycles. The lowest BCUT2D eigenvalue weighted by molar-refractivity contribution is -0.129. The molecule has 0 aliphatic heterocycles. The van der Waals surface area contributed by atoms with Crippen LogP contribution in [0.4, 0.5) is 4.39 Å². The van der Waals surface area contributed by atoms with Crippen molar-refractivity contribution < 1.29 is 13.9 Å². The summed E-state index contributed by atoms with van der Waals surface area (Å²) >= 11 is 1.21. The summed E-state index contributed by atoms with van der Waals surface area (Å²) in [5.74, 6) is -0.786. The van der Waals surface area contributed by atoms with Gasteiger partial charge in [-0.05, 0) is 52.8 Å². The third-order valence-corrected chi connectivity index (χ3v) is 7.78. The van der Waals surface area contributed by atoms with Crippen LogP contribution in [-0.4, -0.2) is 43.2 Å². The van der Waals surface area contributed by atoms with Crippen molar-refractivity contribution >= 4 is 27.5 Å². The van der Waals surface area contributed by atoms with Gasteiger partial charge in [-0.1, -0.05) is 18.3 Å². The van der Waals surface area contributed by atoms with Crippen LogP contribution in [0.25, 0.3) is 15.2 Å². The number of amides is 1. The van der Waals surface area contributed by atoms with Gasteiger partial charge in [0, 0.05) is 29.6 Å². The topological polar surface area (TPSA) is 113 Å². The van der Waals surface area contributed by atoms with Crippen LogP contribution in [0, 0.1) is 12.7 Å². The number of hydrogen-bond acceptors (Lipinski definition) is 7. The van der Waals surface area contributed by atoms with Crippen LogP contribution in [0.3, 0.4) is 0 Å². The van der Waals surface area contributed by atoms with Gasteiger partial charge in [0.1, 0.15) is 26.9 Å². The minimum Gasteiger partial charge on any atom is -0.496 e. The van der Waals surface area contributed by atoms with Gasteiger partial charge in [-0.3, -0.25) is 14.2 Å². The Balaban J connectivity index is 2.01. The average Bonchev–Trinajstić information content (AvgIpc) is 3.49. The number of aromatic nitrogens is 5. The van der Waals surface area contributed by atoms with Crippen LogP contribution in [0.15, 0.2) is 40.2 Å². The summed E-state index contributed by atoms with van der Waals surface area (Å²) in [5, 5.41) is 12.1. The Morgan fingerprint density at radius 3 is 2.45 bits per heavy atom. The Bertz CT molecular complexity index is 1620. The van der Waals surface area contributed by atoms with E-state index in [4.69, 9.17) is 4.74 Å². The van der Waals surface area contributed by atoms with E-state index in [-0.39, 0.29) is 18.5 Å². The molecule has 1 N–H and O–H groups in total. The lowest BCUT2D eigenvalue weighted by atomic mass is 9.99. The Morgan fingerprint density at radius 1 is 1.18 bits per heavy atom. The second-order valence-corrected chi connectivity index (χ2v) is 11.0. The van der Waals surface area contributed by atoms with E-state index < -0.39 is 28.5 Å². The molecule has 0 aliphatic rings. The van der Waals surface area contributed by atoms with Gasteiger partial charge in [-0.15, -0.1) is 4.80 Å². The molecule has 1 atom stereocenters. The normalized spacial score (nSPS) is 12.8. The van der Waals surface area contributed by atoms with Crippen molar-refractivity contribution in [1.82, 2.24) is 29.4 Å². The van der Waals surface area contributed by atoms with Crippen LogP contribution in [0.5, 0.6) is 5.75 Å². The van der Waals surface area contributed by atoms with Crippen molar-refractivity contribution in [3.8, 4) is 10.8 Å². The first-order chi connectivity index (χ1) is 17.9. The highest BCUT2D eigenvalue weighted by Crippen LogP contribution is 2.33. The molecule has 0 fully saturated rings. The quantitative estimate of drug-likeness (QED) is 0.366. The summed E-state index contributed by atoms with van der Waals surface area (Å²) < 4.78 is 22.1. The minimum atomic E-state index is -1.49. The van der Waals surface area contributed by atoms with Crippen molar-refractivity contribution in [2.75, 3.05) is 7.11 Å². The fourth-order valence-corrected chi connectivity index (χ4v) is 5.72. The number of carbonyl (C=O) groups is 1. The van der Waals surface area contributed by atoms with Crippen LogP contribution < -0.4 is 21.3 Å². The summed E-state index contributed by atoms with van der Waals surface area (Å²) in [6.07, 6.45) is 3.04. The van der Waals surface area contributed by atoms with Crippen molar-refractivity contribution in [1.29, 1.82) is 0 Å². The molecule has 3 heterocycles. The molecule has 3 aromatic heterocycles. The minimum absolute atomic E-state index is 0.100. The number of methoxy groups -OCH3 is 1. The van der Waals surface area contributed by atoms with Crippen molar-refractivity contribution in [2.24, 2.45) is 0 Å². The predicted octanol–water partition coefficient (Wildman–Crippen LogP) is 3.32. The van der Waals surface area contributed by atoms with Gasteiger partial charge in [0.15, 0.2) is 0 Å². The van der Waals surface area contributed by atoms with Crippen LogP contribution in [0.1, 0.15) is 51.7 Å². The van der Waals surface area contributed by atoms with Gasteiger partial charge < -0.3 is 10.1 Å². The SMILES string of the molecule is COc1ccc(F)cc1C(C)Cn1c(=O)n(C(C)(C)C(=O)NC(C)C)c(=O)c2c(C)c(-n3nccn3)sc21. The second-order valence-electron chi connectivity index (χ2n) is 10.0. The smallest absolute Gasteiger partial charge is 0.333 e. The Hall–Kier alpha value is -3.80. The maximum absolute atomic E-state index is 14.2. The average molecular weight is 543 g/mol. The number of carbonyl (C=O) groups excluding carboxylic acids is 1. The number of benzene rings is 1. The van der Waals surface area contributed by atoms with E-state index in [1.54, 1.807) is 34.6 Å². The summed E-state index contributed by atoms with van der Waals surface area (Å²) in [5.41, 5.74) is -1.55. The molecule has 10 nitrogen and oxygen atoms in total. The van der Waals surface area contributed by atoms with E-state index >= 15 is 0 Å². The number of rotatable bonds is 8. The molecule has 4 rings (SSSR count). The molecule has 0 bridgehead atoms. The van der Waals surface area contributed by atoms with Gasteiger partial charge >= 0.3 is 5.69 Å². The third kappa shape index (κ3) is 4.64. The second kappa shape index (κ2) is 10.2. The monoisotopic (exact) mass is 542 g/mol. The first-order valence-corrected chi connectivity index (χ1v) is 13.0. The standard InChI is InChI=1S/C26H31FN6O4S/c1-14(2)30-24(35)26(5,6)32-21(34)20-16(4)22(33-28-10-11-29-33)38-23(20)31(25(32)36)13-15(3)18-12-17(27)8-9-19(18)37-7/h8-12,14-15H,13H2,1-7H3,(H,30,35). The van der Waals surface area contributed by atoms with E-state index in [9.17, 15) is 18.8 Å². The number of hydrogen-bond donors (Lipinski definition) is 1. The van der Waals surface area contributed by atoms with Crippen LogP contribution >= 0.6 is 11.3 Å². The number of halogens is 1. The molecule has 0 radical (unpaired) electrons. The molecular formula is C26H31FN6O4S. The summed E-state index contributed by atoms with van der Waals surface area (Å²) in [6, 6.07) is 4.03. The highest BCUT2D eigenvalue weighted by Gasteiger charge is 2.36. The molecule has 0 saturated carbocycles. The van der Waals surface area contributed by atoms with Crippen molar-refractivity contribution in [2.45, 2.75) is 65.6 Å². The highest BCUT2D eigenvalue weighted by atomic mass is 32.1. The van der Waals surface area contributed by atoms with E-state index in [1.807, 2.05) is 6.92 Å². The summed E-state index contributed by atoms with van der Waals surface area (Å²) in [7, 11) is 1.50. The molecular weight excluding hydrogens is 511 g/mol. The molecule has 4 aromatic rings. The molecule has 0 spiro atoms. The van der Waals surface area contributed by atoms with Crippen LogP contribution in [0.2, 0.25) is 0 Å². The Labute approximate surface area is 222 Å². The zero-order chi connectivity index (χ0) is 27.9. The maximum atomic E-state index is 14.2. The molecule has 1 amide bonds. The zero-order valence-electron chi connectivity index (χ0n) is 22.4. The van der Waals surface area contributed by atoms with E-state index in [1.165, 1.54) is 58.4 Å². The number of aryl methyl sites for hydroxylation is 1. The number of ether oxygens (including phenoxy) is 1. The fraction of sp³-hybridized carbons (Fsp3) is 0.423. The first kappa shape index (κ1) is 27.2. The van der Waals surface area contributed by atoms with E-state index in [0.717, 1.165) is 4.57 Å². The summed E-state index contributed by atoms with van der Waals surface area (Å²) in [6.45, 7) is 10.4. The molecule has 12 heteroatoms. The predicted molar refractivity (Wildman–Crippen MR) is 144 cm³/mol. The summed E-state index contributed by atoms with van der Waals surface area (Å²) in [4.78, 5) is 42.9. The van der Waals surface area contributed by atoms with Gasteiger partial charge in [0.05, 0.1) is 24.9 Å². The largest absolute Gasteiger partial charge is 0.496 e. The number of nitrogens with one attached hydrogen (secondary N) is 1. The Morgan fingerprint density at radius 2 is 1.84 bits per heavy atom. The number of fused-ring (bicyclic) bond motifs is 1. The van der Waals surface area contributed by atoms with Crippen molar-refractivity contribution in [3.63, 3.8) is 0 Å². The maximum Gasteiger partial charge on any atom is 0.333 e. The van der Waals surface area contributed by atoms with Gasteiger partial charge in [0.2, 0.25) is 5.91 Å². The Kier molecular flexibility index (Phi) is 7.29. The first-order valence-electron chi connectivity index (χ1n) is 12.2. The van der Waals surface area contributed by atoms with Gasteiger partial charge in [-0.25, -0.2) is 13.8 Å². The molecule has 202 valence electrons. The number of thiophene rings is 1. The fourth-order valence-electron chi connectivity index (χ4n) is 4.50. The third-order valence-electron chi connectivity index (χ3n) is 6.50. The lowest BCUT2D eigenvalue weighted by Gasteiger charge is -2.28. The molecule has 1 unspecified atom stereocenters. The molecule has 0 aliphatic carbocycles. The lowest BCUT2D eigenvalue weighted by Crippen LogP contribution is -2.56. The highest BCUT2D eigenvalue weighted by molar-refractivity contribution is 7.21. The van der Waals surface area contributed by atoms with E-state index in [0.29, 0.717) is 32.1 Å². The van der Waals surface area contributed by atoms with Crippen LogP contribution in [-0.2, 0) is 16.9 Å². The zero-order valence-corrected chi connectivity index (χ0v) is 23.2. The van der Waals surface area contributed by atoms with Gasteiger partial charge in [-0.2, -0.15) is 10.2 Å². The molecule has 1 aromatic carbocycles. The van der Waals surface area contributed by atoms with Crippen molar-refractivity contribution in [3.05, 3.63) is 68.4 Å². The van der Waals surface area contributed by atoms with Gasteiger partial charge in [0.25, 0.3) is 5.56 Å². The number of nitrogens with zero attached hydrogens (tertiary/aromatic N) is 5. The van der Waals surface area contributed by atoms with E-state index in [2.05, 4.69) is 15.5 Å². The molecule has 38 heavy (non-hydrogen) atoms.